The van der Waals surface area contributed by atoms with E-state index < -0.39 is 11.9 Å². The van der Waals surface area contributed by atoms with Gasteiger partial charge >= 0.3 is 12.0 Å². The quantitative estimate of drug-likeness (QED) is 0.623. The van der Waals surface area contributed by atoms with Crippen LogP contribution in [-0.2, 0) is 11.2 Å². The highest BCUT2D eigenvalue weighted by Crippen LogP contribution is 2.44. The third-order valence-corrected chi connectivity index (χ3v) is 5.53. The van der Waals surface area contributed by atoms with Crippen molar-refractivity contribution in [3.05, 3.63) is 58.1 Å². The molecule has 2 unspecified atom stereocenters. The number of hydrogen-bond donors (Lipinski definition) is 1. The Bertz CT molecular complexity index is 936. The molecule has 1 aromatic carbocycles. The Morgan fingerprint density at radius 3 is 2.93 bits per heavy atom. The first kappa shape index (κ1) is 17.7. The number of methoxy groups -OCH3 is 1. The molecule has 1 saturated heterocycles. The molecule has 2 aliphatic heterocycles. The monoisotopic (exact) mass is 389 g/mol. The Morgan fingerprint density at radius 2 is 2.15 bits per heavy atom. The molecule has 4 rings (SSSR count). The molecule has 0 radical (unpaired) electrons. The number of urea groups is 1. The maximum absolute atomic E-state index is 14.0. The molecule has 0 saturated carbocycles. The van der Waals surface area contributed by atoms with Crippen LogP contribution in [0, 0.1) is 5.95 Å². The van der Waals surface area contributed by atoms with Crippen LogP contribution >= 0.6 is 11.6 Å². The SMILES string of the molecule is COC(=O)c1cc(NC(=O)N2C3CCC2c2ccnc(F)c2C3)ccc1Cl. The molecule has 1 N–H and O–H groups in total. The Hall–Kier alpha value is -2.67. The molecule has 3 heterocycles. The van der Waals surface area contributed by atoms with Crippen LogP contribution in [-0.4, -0.2) is 35.0 Å². The van der Waals surface area contributed by atoms with E-state index in [9.17, 15) is 14.0 Å². The zero-order valence-electron chi connectivity index (χ0n) is 14.5. The van der Waals surface area contributed by atoms with Crippen molar-refractivity contribution < 1.29 is 18.7 Å². The van der Waals surface area contributed by atoms with Crippen LogP contribution < -0.4 is 5.32 Å². The molecule has 2 aromatic rings. The molecule has 2 aliphatic rings. The Balaban J connectivity index is 1.59. The van der Waals surface area contributed by atoms with Gasteiger partial charge in [0.05, 0.1) is 23.7 Å². The average molecular weight is 390 g/mol. The molecule has 0 spiro atoms. The van der Waals surface area contributed by atoms with Gasteiger partial charge in [-0.15, -0.1) is 0 Å². The summed E-state index contributed by atoms with van der Waals surface area (Å²) in [5.74, 6) is -1.03. The number of nitrogens with zero attached hydrogens (tertiary/aromatic N) is 2. The number of amides is 2. The van der Waals surface area contributed by atoms with Gasteiger partial charge in [-0.25, -0.2) is 14.6 Å². The summed E-state index contributed by atoms with van der Waals surface area (Å²) in [6.45, 7) is 0. The summed E-state index contributed by atoms with van der Waals surface area (Å²) in [7, 11) is 1.26. The van der Waals surface area contributed by atoms with E-state index in [1.807, 2.05) is 0 Å². The first-order valence-electron chi connectivity index (χ1n) is 8.60. The summed E-state index contributed by atoms with van der Waals surface area (Å²) in [4.78, 5) is 30.2. The number of benzene rings is 1. The number of anilines is 1. The van der Waals surface area contributed by atoms with Crippen LogP contribution in [0.25, 0.3) is 0 Å². The fraction of sp³-hybridized carbons (Fsp3) is 0.316. The second kappa shape index (κ2) is 6.81. The van der Waals surface area contributed by atoms with Gasteiger partial charge in [-0.05, 0) is 49.1 Å². The number of ether oxygens (including phenoxy) is 1. The highest BCUT2D eigenvalue weighted by atomic mass is 35.5. The fourth-order valence-electron chi connectivity index (χ4n) is 3.98. The number of hydrogen-bond acceptors (Lipinski definition) is 4. The summed E-state index contributed by atoms with van der Waals surface area (Å²) < 4.78 is 18.7. The van der Waals surface area contributed by atoms with Gasteiger partial charge in [-0.1, -0.05) is 11.6 Å². The minimum atomic E-state index is -0.578. The van der Waals surface area contributed by atoms with Crippen molar-refractivity contribution in [2.45, 2.75) is 31.3 Å². The third-order valence-electron chi connectivity index (χ3n) is 5.20. The van der Waals surface area contributed by atoms with E-state index in [1.54, 1.807) is 17.0 Å². The lowest BCUT2D eigenvalue weighted by molar-refractivity contribution is 0.0601. The molecule has 27 heavy (non-hydrogen) atoms. The topological polar surface area (TPSA) is 71.5 Å². The number of pyridine rings is 1. The molecule has 2 amide bonds. The summed E-state index contributed by atoms with van der Waals surface area (Å²) in [6.07, 6.45) is 3.47. The second-order valence-corrected chi connectivity index (χ2v) is 7.05. The molecular weight excluding hydrogens is 373 g/mol. The molecule has 2 bridgehead atoms. The van der Waals surface area contributed by atoms with Crippen LogP contribution in [0.5, 0.6) is 0 Å². The lowest BCUT2D eigenvalue weighted by Crippen LogP contribution is -2.44. The van der Waals surface area contributed by atoms with Gasteiger partial charge in [-0.2, -0.15) is 4.39 Å². The molecule has 140 valence electrons. The minimum Gasteiger partial charge on any atom is -0.465 e. The van der Waals surface area contributed by atoms with Gasteiger partial charge in [0.25, 0.3) is 0 Å². The number of fused-ring (bicyclic) bond motifs is 4. The molecular formula is C19H17ClFN3O3. The largest absolute Gasteiger partial charge is 0.465 e. The van der Waals surface area contributed by atoms with Crippen LogP contribution in [0.15, 0.2) is 30.5 Å². The Kier molecular flexibility index (Phi) is 4.47. The Morgan fingerprint density at radius 1 is 1.33 bits per heavy atom. The van der Waals surface area contributed by atoms with E-state index in [0.717, 1.165) is 18.4 Å². The van der Waals surface area contributed by atoms with Gasteiger partial charge in [-0.3, -0.25) is 0 Å². The smallest absolute Gasteiger partial charge is 0.339 e. The summed E-state index contributed by atoms with van der Waals surface area (Å²) in [5.41, 5.74) is 2.04. The first-order valence-corrected chi connectivity index (χ1v) is 8.98. The normalized spacial score (nSPS) is 20.2. The number of rotatable bonds is 2. The van der Waals surface area contributed by atoms with Gasteiger partial charge < -0.3 is 15.0 Å². The van der Waals surface area contributed by atoms with E-state index in [2.05, 4.69) is 10.3 Å². The van der Waals surface area contributed by atoms with E-state index in [4.69, 9.17) is 16.3 Å². The van der Waals surface area contributed by atoms with Crippen molar-refractivity contribution in [3.63, 3.8) is 0 Å². The molecule has 1 fully saturated rings. The number of carbonyl (C=O) groups is 2. The van der Waals surface area contributed by atoms with Crippen molar-refractivity contribution in [1.82, 2.24) is 9.88 Å². The average Bonchev–Trinajstić information content (AvgIpc) is 2.98. The van der Waals surface area contributed by atoms with Crippen LogP contribution in [0.1, 0.15) is 40.4 Å². The van der Waals surface area contributed by atoms with E-state index in [1.165, 1.54) is 25.4 Å². The van der Waals surface area contributed by atoms with Crippen molar-refractivity contribution in [1.29, 1.82) is 0 Å². The summed E-state index contributed by atoms with van der Waals surface area (Å²) >= 11 is 6.02. The van der Waals surface area contributed by atoms with Crippen LogP contribution in [0.2, 0.25) is 5.02 Å². The standard InChI is InChI=1S/C19H17ClFN3O3/c1-27-18(25)14-8-10(2-4-15(14)20)23-19(26)24-11-3-5-16(24)12-6-7-22-17(21)13(12)9-11/h2,4,6-8,11,16H,3,5,9H2,1H3,(H,23,26). The predicted octanol–water partition coefficient (Wildman–Crippen LogP) is 3.95. The Labute approximate surface area is 160 Å². The maximum Gasteiger partial charge on any atom is 0.339 e. The molecule has 8 heteroatoms. The van der Waals surface area contributed by atoms with Crippen LogP contribution in [0.3, 0.4) is 0 Å². The lowest BCUT2D eigenvalue weighted by atomic mass is 9.95. The van der Waals surface area contributed by atoms with Gasteiger partial charge in [0, 0.05) is 23.5 Å². The van der Waals surface area contributed by atoms with Crippen molar-refractivity contribution >= 4 is 29.3 Å². The summed E-state index contributed by atoms with van der Waals surface area (Å²) in [5, 5.41) is 3.06. The number of nitrogens with one attached hydrogen (secondary N) is 1. The maximum atomic E-state index is 14.0. The zero-order valence-corrected chi connectivity index (χ0v) is 15.3. The fourth-order valence-corrected chi connectivity index (χ4v) is 4.18. The zero-order chi connectivity index (χ0) is 19.1. The lowest BCUT2D eigenvalue weighted by Gasteiger charge is -2.36. The molecule has 6 nitrogen and oxygen atoms in total. The number of halogens is 2. The summed E-state index contributed by atoms with van der Waals surface area (Å²) in [6, 6.07) is 5.87. The molecule has 2 atom stereocenters. The number of carbonyl (C=O) groups excluding carboxylic acids is 2. The number of esters is 1. The second-order valence-electron chi connectivity index (χ2n) is 6.64. The van der Waals surface area contributed by atoms with E-state index in [0.29, 0.717) is 17.7 Å². The van der Waals surface area contributed by atoms with Crippen molar-refractivity contribution in [2.24, 2.45) is 0 Å². The number of aromatic nitrogens is 1. The van der Waals surface area contributed by atoms with Crippen molar-refractivity contribution in [2.75, 3.05) is 12.4 Å². The third kappa shape index (κ3) is 3.02. The highest BCUT2D eigenvalue weighted by molar-refractivity contribution is 6.33. The molecule has 0 aliphatic carbocycles. The van der Waals surface area contributed by atoms with Gasteiger partial charge in [0.15, 0.2) is 0 Å². The minimum absolute atomic E-state index is 0.0754. The predicted molar refractivity (Wildman–Crippen MR) is 97.3 cm³/mol. The van der Waals surface area contributed by atoms with Crippen molar-refractivity contribution in [3.8, 4) is 0 Å². The van der Waals surface area contributed by atoms with Crippen LogP contribution in [0.4, 0.5) is 14.9 Å². The van der Waals surface area contributed by atoms with Gasteiger partial charge in [0.2, 0.25) is 5.95 Å². The van der Waals surface area contributed by atoms with E-state index in [-0.39, 0.29) is 28.7 Å². The first-order chi connectivity index (χ1) is 13.0. The molecule has 1 aromatic heterocycles. The highest BCUT2D eigenvalue weighted by Gasteiger charge is 2.43. The van der Waals surface area contributed by atoms with E-state index >= 15 is 0 Å². The van der Waals surface area contributed by atoms with Gasteiger partial charge in [0.1, 0.15) is 0 Å².